The SMILES string of the molecule is COc1ccc(N2C(=O)/C(=C\c3cn(Cc4ccc5ccccc5c4)c4ccccc34)SC2=S)cc1. The lowest BCUT2D eigenvalue weighted by Gasteiger charge is -2.14. The number of carbonyl (C=O) groups is 1. The third kappa shape index (κ3) is 4.08. The van der Waals surface area contributed by atoms with Gasteiger partial charge in [-0.25, -0.2) is 0 Å². The number of nitrogens with zero attached hydrogens (tertiary/aromatic N) is 2. The van der Waals surface area contributed by atoms with Crippen molar-refractivity contribution < 1.29 is 9.53 Å². The van der Waals surface area contributed by atoms with Crippen LogP contribution in [0.25, 0.3) is 27.8 Å². The second kappa shape index (κ2) is 9.30. The summed E-state index contributed by atoms with van der Waals surface area (Å²) >= 11 is 6.90. The molecule has 4 aromatic carbocycles. The standard InChI is InChI=1S/C30H22N2O2S2/c1-34-25-14-12-24(13-15-25)32-29(33)28(36-30(32)35)17-23-19-31(27-9-5-4-8-26(23)27)18-20-10-11-21-6-2-3-7-22(21)16-20/h2-17,19H,18H2,1H3/b28-17+. The number of para-hydroxylation sites is 1. The van der Waals surface area contributed by atoms with Gasteiger partial charge in [-0.2, -0.15) is 0 Å². The number of hydrogen-bond donors (Lipinski definition) is 0. The van der Waals surface area contributed by atoms with Crippen molar-refractivity contribution in [2.45, 2.75) is 6.54 Å². The van der Waals surface area contributed by atoms with Crippen LogP contribution in [-0.2, 0) is 11.3 Å². The smallest absolute Gasteiger partial charge is 0.270 e. The molecule has 1 aliphatic rings. The Morgan fingerprint density at radius 3 is 2.47 bits per heavy atom. The summed E-state index contributed by atoms with van der Waals surface area (Å²) in [5.41, 5.74) is 4.09. The van der Waals surface area contributed by atoms with Crippen LogP contribution in [0, 0.1) is 0 Å². The van der Waals surface area contributed by atoms with Gasteiger partial charge in [0, 0.05) is 29.2 Å². The lowest BCUT2D eigenvalue weighted by Crippen LogP contribution is -2.27. The number of amides is 1. The van der Waals surface area contributed by atoms with E-state index in [0.29, 0.717) is 9.23 Å². The van der Waals surface area contributed by atoms with Gasteiger partial charge in [0.2, 0.25) is 0 Å². The van der Waals surface area contributed by atoms with Gasteiger partial charge in [-0.1, -0.05) is 78.6 Å². The van der Waals surface area contributed by atoms with Gasteiger partial charge in [0.1, 0.15) is 5.75 Å². The van der Waals surface area contributed by atoms with Gasteiger partial charge in [-0.15, -0.1) is 0 Å². The summed E-state index contributed by atoms with van der Waals surface area (Å²) < 4.78 is 8.01. The zero-order chi connectivity index (χ0) is 24.6. The molecule has 2 heterocycles. The highest BCUT2D eigenvalue weighted by Gasteiger charge is 2.33. The van der Waals surface area contributed by atoms with Crippen LogP contribution in [0.5, 0.6) is 5.75 Å². The van der Waals surface area contributed by atoms with E-state index >= 15 is 0 Å². The number of ether oxygens (including phenoxy) is 1. The molecule has 176 valence electrons. The van der Waals surface area contributed by atoms with Gasteiger partial charge >= 0.3 is 0 Å². The Labute approximate surface area is 218 Å². The highest BCUT2D eigenvalue weighted by Crippen LogP contribution is 2.37. The quantitative estimate of drug-likeness (QED) is 0.186. The number of anilines is 1. The Morgan fingerprint density at radius 2 is 1.67 bits per heavy atom. The number of rotatable bonds is 5. The Bertz CT molecular complexity index is 1670. The molecule has 0 bridgehead atoms. The predicted molar refractivity (Wildman–Crippen MR) is 154 cm³/mol. The molecule has 1 fully saturated rings. The molecule has 1 aliphatic heterocycles. The first-order chi connectivity index (χ1) is 17.6. The van der Waals surface area contributed by atoms with Crippen LogP contribution in [0.4, 0.5) is 5.69 Å². The largest absolute Gasteiger partial charge is 0.497 e. The van der Waals surface area contributed by atoms with Crippen molar-refractivity contribution in [2.75, 3.05) is 12.0 Å². The number of methoxy groups -OCH3 is 1. The number of hydrogen-bond acceptors (Lipinski definition) is 4. The topological polar surface area (TPSA) is 34.5 Å². The molecular formula is C30H22N2O2S2. The fraction of sp³-hybridized carbons (Fsp3) is 0.0667. The third-order valence-corrected chi connectivity index (χ3v) is 7.70. The number of benzene rings is 4. The van der Waals surface area contributed by atoms with E-state index in [2.05, 4.69) is 65.4 Å². The van der Waals surface area contributed by atoms with Crippen molar-refractivity contribution in [3.05, 3.63) is 113 Å². The molecule has 36 heavy (non-hydrogen) atoms. The van der Waals surface area contributed by atoms with E-state index in [9.17, 15) is 4.79 Å². The number of carbonyl (C=O) groups excluding carboxylic acids is 1. The molecule has 6 heteroatoms. The Balaban J connectivity index is 1.34. The van der Waals surface area contributed by atoms with Gasteiger partial charge in [-0.3, -0.25) is 9.69 Å². The molecule has 1 aromatic heterocycles. The van der Waals surface area contributed by atoms with E-state index in [-0.39, 0.29) is 5.91 Å². The fourth-order valence-corrected chi connectivity index (χ4v) is 5.91. The van der Waals surface area contributed by atoms with Gasteiger partial charge in [-0.05, 0) is 58.8 Å². The summed E-state index contributed by atoms with van der Waals surface area (Å²) in [5, 5.41) is 3.57. The van der Waals surface area contributed by atoms with Crippen molar-refractivity contribution in [3.8, 4) is 5.75 Å². The maximum absolute atomic E-state index is 13.3. The second-order valence-corrected chi connectivity index (χ2v) is 10.3. The zero-order valence-corrected chi connectivity index (χ0v) is 21.2. The van der Waals surface area contributed by atoms with E-state index < -0.39 is 0 Å². The minimum absolute atomic E-state index is 0.110. The molecule has 0 saturated carbocycles. The van der Waals surface area contributed by atoms with Crippen LogP contribution >= 0.6 is 24.0 Å². The Hall–Kier alpha value is -3.87. The maximum atomic E-state index is 13.3. The minimum Gasteiger partial charge on any atom is -0.497 e. The molecule has 4 nitrogen and oxygen atoms in total. The first-order valence-corrected chi connectivity index (χ1v) is 12.8. The highest BCUT2D eigenvalue weighted by atomic mass is 32.2. The third-order valence-electron chi connectivity index (χ3n) is 6.40. The molecule has 0 spiro atoms. The Morgan fingerprint density at radius 1 is 0.917 bits per heavy atom. The monoisotopic (exact) mass is 506 g/mol. The number of fused-ring (bicyclic) bond motifs is 2. The van der Waals surface area contributed by atoms with Crippen molar-refractivity contribution >= 4 is 67.6 Å². The number of thiocarbonyl (C=S) groups is 1. The second-order valence-electron chi connectivity index (χ2n) is 8.63. The summed E-state index contributed by atoms with van der Waals surface area (Å²) in [4.78, 5) is 15.5. The summed E-state index contributed by atoms with van der Waals surface area (Å²) in [5.74, 6) is 0.625. The lowest BCUT2D eigenvalue weighted by atomic mass is 10.1. The average molecular weight is 507 g/mol. The van der Waals surface area contributed by atoms with Crippen LogP contribution < -0.4 is 9.64 Å². The first-order valence-electron chi connectivity index (χ1n) is 11.6. The van der Waals surface area contributed by atoms with Gasteiger partial charge < -0.3 is 9.30 Å². The van der Waals surface area contributed by atoms with Crippen molar-refractivity contribution in [1.29, 1.82) is 0 Å². The molecule has 0 unspecified atom stereocenters. The maximum Gasteiger partial charge on any atom is 0.270 e. The average Bonchev–Trinajstić information content (AvgIpc) is 3.39. The number of thioether (sulfide) groups is 1. The van der Waals surface area contributed by atoms with Gasteiger partial charge in [0.05, 0.1) is 17.7 Å². The summed E-state index contributed by atoms with van der Waals surface area (Å²) in [6.07, 6.45) is 4.09. The van der Waals surface area contributed by atoms with Crippen molar-refractivity contribution in [2.24, 2.45) is 0 Å². The van der Waals surface area contributed by atoms with Crippen LogP contribution in [0.15, 0.2) is 102 Å². The molecule has 6 rings (SSSR count). The predicted octanol–water partition coefficient (Wildman–Crippen LogP) is 7.26. The molecular weight excluding hydrogens is 484 g/mol. The summed E-state index contributed by atoms with van der Waals surface area (Å²) in [6.45, 7) is 0.742. The van der Waals surface area contributed by atoms with E-state index in [1.54, 1.807) is 12.0 Å². The van der Waals surface area contributed by atoms with Crippen LogP contribution in [0.3, 0.4) is 0 Å². The highest BCUT2D eigenvalue weighted by molar-refractivity contribution is 8.27. The summed E-state index contributed by atoms with van der Waals surface area (Å²) in [6, 6.07) is 30.6. The molecule has 5 aromatic rings. The molecule has 0 aliphatic carbocycles. The van der Waals surface area contributed by atoms with Crippen LogP contribution in [-0.4, -0.2) is 21.9 Å². The van der Waals surface area contributed by atoms with Gasteiger partial charge in [0.15, 0.2) is 4.32 Å². The molecule has 1 saturated heterocycles. The van der Waals surface area contributed by atoms with Crippen molar-refractivity contribution in [1.82, 2.24) is 4.57 Å². The zero-order valence-electron chi connectivity index (χ0n) is 19.5. The van der Waals surface area contributed by atoms with Crippen molar-refractivity contribution in [3.63, 3.8) is 0 Å². The normalized spacial score (nSPS) is 14.9. The summed E-state index contributed by atoms with van der Waals surface area (Å²) in [7, 11) is 1.62. The molecule has 1 amide bonds. The lowest BCUT2D eigenvalue weighted by molar-refractivity contribution is -0.113. The first kappa shape index (κ1) is 22.6. The van der Waals surface area contributed by atoms with Crippen LogP contribution in [0.1, 0.15) is 11.1 Å². The van der Waals surface area contributed by atoms with E-state index in [1.165, 1.54) is 28.1 Å². The Kier molecular flexibility index (Phi) is 5.83. The van der Waals surface area contributed by atoms with E-state index in [4.69, 9.17) is 17.0 Å². The van der Waals surface area contributed by atoms with Crippen LogP contribution in [0.2, 0.25) is 0 Å². The minimum atomic E-state index is -0.110. The fourth-order valence-electron chi connectivity index (χ4n) is 4.62. The number of aromatic nitrogens is 1. The van der Waals surface area contributed by atoms with E-state index in [1.807, 2.05) is 42.5 Å². The molecule has 0 N–H and O–H groups in total. The van der Waals surface area contributed by atoms with Gasteiger partial charge in [0.25, 0.3) is 5.91 Å². The molecule has 0 atom stereocenters. The molecule has 0 radical (unpaired) electrons. The van der Waals surface area contributed by atoms with E-state index in [0.717, 1.165) is 34.4 Å².